The zero-order chi connectivity index (χ0) is 14.0. The summed E-state index contributed by atoms with van der Waals surface area (Å²) in [7, 11) is 2.00. The molecule has 0 radical (unpaired) electrons. The number of furan rings is 1. The Hall–Kier alpha value is -1.59. The molecule has 19 heavy (non-hydrogen) atoms. The first kappa shape index (κ1) is 13.8. The first-order valence-electron chi connectivity index (χ1n) is 6.06. The second-order valence-corrected chi connectivity index (χ2v) is 5.98. The highest BCUT2D eigenvalue weighted by Gasteiger charge is 2.18. The average Bonchev–Trinajstić information content (AvgIpc) is 2.97. The van der Waals surface area contributed by atoms with Gasteiger partial charge in [-0.1, -0.05) is 0 Å². The summed E-state index contributed by atoms with van der Waals surface area (Å²) in [6.45, 7) is 4.91. The summed E-state index contributed by atoms with van der Waals surface area (Å²) in [5.74, 6) is -0.370. The maximum absolute atomic E-state index is 10.8. The van der Waals surface area contributed by atoms with E-state index in [-0.39, 0.29) is 11.8 Å². The molecule has 0 bridgehead atoms. The van der Waals surface area contributed by atoms with Gasteiger partial charge in [0, 0.05) is 16.3 Å². The lowest BCUT2D eigenvalue weighted by Gasteiger charge is -2.22. The highest BCUT2D eigenvalue weighted by atomic mass is 32.1. The van der Waals surface area contributed by atoms with Crippen molar-refractivity contribution in [2.45, 2.75) is 26.4 Å². The number of rotatable bonds is 5. The Bertz CT molecular complexity index is 573. The highest BCUT2D eigenvalue weighted by Crippen LogP contribution is 2.25. The minimum absolute atomic E-state index is 0.0118. The SMILES string of the molecule is Cc1ccc(CN(C)C(C)c2ccc(C(=O)O)o2)s1. The van der Waals surface area contributed by atoms with Crippen LogP contribution in [0.5, 0.6) is 0 Å². The average molecular weight is 279 g/mol. The van der Waals surface area contributed by atoms with Crippen molar-refractivity contribution in [2.75, 3.05) is 7.05 Å². The molecule has 4 nitrogen and oxygen atoms in total. The van der Waals surface area contributed by atoms with Gasteiger partial charge in [0.2, 0.25) is 5.76 Å². The molecule has 0 saturated heterocycles. The molecule has 2 aromatic heterocycles. The van der Waals surface area contributed by atoms with Gasteiger partial charge in [0.05, 0.1) is 6.04 Å². The Kier molecular flexibility index (Phi) is 4.07. The standard InChI is InChI=1S/C14H17NO3S/c1-9-4-5-11(19-9)8-15(3)10(2)12-6-7-13(18-12)14(16)17/h4-7,10H,8H2,1-3H3,(H,16,17). The van der Waals surface area contributed by atoms with Crippen LogP contribution in [0, 0.1) is 6.92 Å². The third kappa shape index (κ3) is 3.24. The predicted molar refractivity (Wildman–Crippen MR) is 74.6 cm³/mol. The van der Waals surface area contributed by atoms with Crippen molar-refractivity contribution in [3.8, 4) is 0 Å². The van der Waals surface area contributed by atoms with Gasteiger partial charge in [0.25, 0.3) is 0 Å². The van der Waals surface area contributed by atoms with Gasteiger partial charge in [-0.15, -0.1) is 11.3 Å². The number of hydrogen-bond acceptors (Lipinski definition) is 4. The van der Waals surface area contributed by atoms with Gasteiger partial charge in [-0.2, -0.15) is 0 Å². The van der Waals surface area contributed by atoms with Crippen molar-refractivity contribution in [3.63, 3.8) is 0 Å². The topological polar surface area (TPSA) is 53.7 Å². The van der Waals surface area contributed by atoms with E-state index in [4.69, 9.17) is 9.52 Å². The number of carbonyl (C=O) groups is 1. The van der Waals surface area contributed by atoms with Gasteiger partial charge >= 0.3 is 5.97 Å². The third-order valence-electron chi connectivity index (χ3n) is 3.11. The lowest BCUT2D eigenvalue weighted by atomic mass is 10.2. The Morgan fingerprint density at radius 3 is 2.68 bits per heavy atom. The van der Waals surface area contributed by atoms with Crippen LogP contribution < -0.4 is 0 Å². The fraction of sp³-hybridized carbons (Fsp3) is 0.357. The van der Waals surface area contributed by atoms with Crippen LogP contribution in [0.2, 0.25) is 0 Å². The summed E-state index contributed by atoms with van der Waals surface area (Å²) >= 11 is 1.77. The molecule has 2 heterocycles. The lowest BCUT2D eigenvalue weighted by molar-refractivity contribution is 0.0656. The van der Waals surface area contributed by atoms with Gasteiger partial charge in [0.1, 0.15) is 5.76 Å². The van der Waals surface area contributed by atoms with E-state index in [0.717, 1.165) is 6.54 Å². The molecule has 0 fully saturated rings. The first-order valence-corrected chi connectivity index (χ1v) is 6.87. The van der Waals surface area contributed by atoms with Crippen molar-refractivity contribution in [1.82, 2.24) is 4.90 Å². The molecule has 0 aliphatic heterocycles. The minimum atomic E-state index is -1.03. The Balaban J connectivity index is 2.05. The van der Waals surface area contributed by atoms with Crippen molar-refractivity contribution in [1.29, 1.82) is 0 Å². The van der Waals surface area contributed by atoms with Crippen LogP contribution in [0.4, 0.5) is 0 Å². The number of carboxylic acid groups (broad SMARTS) is 1. The molecule has 1 atom stereocenters. The molecule has 1 N–H and O–H groups in total. The monoisotopic (exact) mass is 279 g/mol. The van der Waals surface area contributed by atoms with Crippen molar-refractivity contribution in [2.24, 2.45) is 0 Å². The highest BCUT2D eigenvalue weighted by molar-refractivity contribution is 7.11. The summed E-state index contributed by atoms with van der Waals surface area (Å²) < 4.78 is 5.33. The number of aromatic carboxylic acids is 1. The van der Waals surface area contributed by atoms with Crippen LogP contribution in [-0.4, -0.2) is 23.0 Å². The van der Waals surface area contributed by atoms with Crippen LogP contribution in [0.1, 0.15) is 39.0 Å². The number of nitrogens with zero attached hydrogens (tertiary/aromatic N) is 1. The number of carboxylic acids is 1. The van der Waals surface area contributed by atoms with Gasteiger partial charge in [0.15, 0.2) is 0 Å². The van der Waals surface area contributed by atoms with E-state index in [9.17, 15) is 4.79 Å². The molecular weight excluding hydrogens is 262 g/mol. The molecule has 0 aromatic carbocycles. The molecule has 2 rings (SSSR count). The summed E-state index contributed by atoms with van der Waals surface area (Å²) in [5.41, 5.74) is 0. The summed E-state index contributed by atoms with van der Waals surface area (Å²) in [5, 5.41) is 8.85. The molecule has 0 amide bonds. The first-order chi connectivity index (χ1) is 8.97. The Morgan fingerprint density at radius 1 is 1.42 bits per heavy atom. The van der Waals surface area contributed by atoms with Crippen LogP contribution in [0.15, 0.2) is 28.7 Å². The van der Waals surface area contributed by atoms with E-state index >= 15 is 0 Å². The molecule has 1 unspecified atom stereocenters. The van der Waals surface area contributed by atoms with Crippen LogP contribution >= 0.6 is 11.3 Å². The molecular formula is C14H17NO3S. The number of thiophene rings is 1. The molecule has 5 heteroatoms. The van der Waals surface area contributed by atoms with Gasteiger partial charge < -0.3 is 9.52 Å². The van der Waals surface area contributed by atoms with Crippen LogP contribution in [-0.2, 0) is 6.54 Å². The molecule has 102 valence electrons. The largest absolute Gasteiger partial charge is 0.475 e. The molecule has 0 aliphatic rings. The fourth-order valence-corrected chi connectivity index (χ4v) is 2.82. The fourth-order valence-electron chi connectivity index (χ4n) is 1.86. The number of hydrogen-bond donors (Lipinski definition) is 1. The quantitative estimate of drug-likeness (QED) is 0.909. The summed E-state index contributed by atoms with van der Waals surface area (Å²) in [4.78, 5) is 15.5. The molecule has 0 saturated carbocycles. The second-order valence-electron chi connectivity index (χ2n) is 4.61. The van der Waals surface area contributed by atoms with E-state index in [0.29, 0.717) is 5.76 Å². The molecule has 0 aliphatic carbocycles. The maximum Gasteiger partial charge on any atom is 0.371 e. The van der Waals surface area contributed by atoms with E-state index in [2.05, 4.69) is 24.0 Å². The summed E-state index contributed by atoms with van der Waals surface area (Å²) in [6, 6.07) is 7.49. The van der Waals surface area contributed by atoms with Gasteiger partial charge in [-0.3, -0.25) is 4.90 Å². The predicted octanol–water partition coefficient (Wildman–Crippen LogP) is 3.54. The number of aryl methyl sites for hydroxylation is 1. The van der Waals surface area contributed by atoms with E-state index < -0.39 is 5.97 Å². The Morgan fingerprint density at radius 2 is 2.16 bits per heavy atom. The van der Waals surface area contributed by atoms with E-state index in [1.54, 1.807) is 17.4 Å². The van der Waals surface area contributed by atoms with Gasteiger partial charge in [-0.05, 0) is 45.2 Å². The Labute approximate surface area is 116 Å². The van der Waals surface area contributed by atoms with Crippen molar-refractivity contribution in [3.05, 3.63) is 45.5 Å². The summed E-state index contributed by atoms with van der Waals surface area (Å²) in [6.07, 6.45) is 0. The smallest absolute Gasteiger partial charge is 0.371 e. The van der Waals surface area contributed by atoms with Crippen LogP contribution in [0.3, 0.4) is 0 Å². The third-order valence-corrected chi connectivity index (χ3v) is 4.10. The maximum atomic E-state index is 10.8. The normalized spacial score (nSPS) is 12.8. The van der Waals surface area contributed by atoms with Gasteiger partial charge in [-0.25, -0.2) is 4.79 Å². The van der Waals surface area contributed by atoms with Crippen molar-refractivity contribution >= 4 is 17.3 Å². The van der Waals surface area contributed by atoms with Crippen molar-refractivity contribution < 1.29 is 14.3 Å². The molecule has 2 aromatic rings. The lowest BCUT2D eigenvalue weighted by Crippen LogP contribution is -2.21. The minimum Gasteiger partial charge on any atom is -0.475 e. The zero-order valence-electron chi connectivity index (χ0n) is 11.2. The zero-order valence-corrected chi connectivity index (χ0v) is 12.0. The van der Waals surface area contributed by atoms with E-state index in [1.807, 2.05) is 14.0 Å². The molecule has 0 spiro atoms. The van der Waals surface area contributed by atoms with E-state index in [1.165, 1.54) is 15.8 Å². The van der Waals surface area contributed by atoms with Crippen LogP contribution in [0.25, 0.3) is 0 Å². The second kappa shape index (κ2) is 5.59.